The van der Waals surface area contributed by atoms with Gasteiger partial charge >= 0.3 is 6.03 Å². The molecule has 3 aliphatic rings. The van der Waals surface area contributed by atoms with Crippen LogP contribution in [0.4, 0.5) is 4.79 Å². The summed E-state index contributed by atoms with van der Waals surface area (Å²) in [6.45, 7) is 6.70. The third-order valence-corrected chi connectivity index (χ3v) is 5.53. The molecule has 5 amide bonds. The maximum absolute atomic E-state index is 12.6. The van der Waals surface area contributed by atoms with Gasteiger partial charge in [0, 0.05) is 45.2 Å². The van der Waals surface area contributed by atoms with E-state index in [0.29, 0.717) is 39.0 Å². The van der Waals surface area contributed by atoms with Crippen LogP contribution >= 0.6 is 12.4 Å². The van der Waals surface area contributed by atoms with Crippen molar-refractivity contribution >= 4 is 36.2 Å². The third kappa shape index (κ3) is 4.75. The molecule has 2 N–H and O–H groups in total. The second-order valence-corrected chi connectivity index (χ2v) is 8.02. The molecular formula is C18H30ClN5O4. The Morgan fingerprint density at radius 3 is 2.61 bits per heavy atom. The lowest BCUT2D eigenvalue weighted by Crippen LogP contribution is -2.57. The molecular weight excluding hydrogens is 386 g/mol. The first-order valence-corrected chi connectivity index (χ1v) is 9.71. The summed E-state index contributed by atoms with van der Waals surface area (Å²) in [5, 5.41) is 5.71. The Labute approximate surface area is 171 Å². The smallest absolute Gasteiger partial charge is 0.325 e. The predicted molar refractivity (Wildman–Crippen MR) is 105 cm³/mol. The molecule has 0 aromatic heterocycles. The predicted octanol–water partition coefficient (Wildman–Crippen LogP) is -0.0584. The minimum atomic E-state index is -0.878. The van der Waals surface area contributed by atoms with E-state index in [-0.39, 0.29) is 42.7 Å². The summed E-state index contributed by atoms with van der Waals surface area (Å²) in [5.41, 5.74) is -0.878. The van der Waals surface area contributed by atoms with Crippen LogP contribution in [-0.4, -0.2) is 89.3 Å². The highest BCUT2D eigenvalue weighted by atomic mass is 35.5. The van der Waals surface area contributed by atoms with Gasteiger partial charge in [0.25, 0.3) is 5.91 Å². The molecule has 0 aromatic rings. The normalized spacial score (nSPS) is 24.9. The van der Waals surface area contributed by atoms with Crippen LogP contribution in [0.25, 0.3) is 0 Å². The Balaban J connectivity index is 0.00000280. The van der Waals surface area contributed by atoms with Crippen molar-refractivity contribution in [3.05, 3.63) is 0 Å². The molecule has 1 unspecified atom stereocenters. The molecule has 0 spiro atoms. The molecule has 3 fully saturated rings. The summed E-state index contributed by atoms with van der Waals surface area (Å²) in [6, 6.07) is -0.309. The molecule has 28 heavy (non-hydrogen) atoms. The van der Waals surface area contributed by atoms with Gasteiger partial charge in [0.15, 0.2) is 0 Å². The van der Waals surface area contributed by atoms with Gasteiger partial charge in [0.2, 0.25) is 11.8 Å². The first kappa shape index (κ1) is 22.4. The number of likely N-dealkylation sites (tertiary alicyclic amines) is 1. The van der Waals surface area contributed by atoms with E-state index in [1.807, 2.05) is 9.80 Å². The van der Waals surface area contributed by atoms with Crippen molar-refractivity contribution in [2.45, 2.75) is 51.1 Å². The topological polar surface area (TPSA) is 102 Å². The van der Waals surface area contributed by atoms with Crippen molar-refractivity contribution in [1.29, 1.82) is 0 Å². The van der Waals surface area contributed by atoms with Gasteiger partial charge in [-0.2, -0.15) is 0 Å². The maximum atomic E-state index is 12.6. The van der Waals surface area contributed by atoms with Gasteiger partial charge in [0.05, 0.1) is 6.54 Å². The molecule has 3 saturated heterocycles. The SMILES string of the molecule is CC1(C)NC(=O)N(CCCC(=O)N2CCCC(N3CCNCC3=O)C2)C1=O.Cl. The van der Waals surface area contributed by atoms with Crippen molar-refractivity contribution in [2.24, 2.45) is 0 Å². The number of halogens is 1. The van der Waals surface area contributed by atoms with Crippen LogP contribution in [0.1, 0.15) is 39.5 Å². The number of rotatable bonds is 5. The van der Waals surface area contributed by atoms with Crippen LogP contribution in [0.2, 0.25) is 0 Å². The average Bonchev–Trinajstić information content (AvgIpc) is 2.83. The molecule has 0 aliphatic carbocycles. The zero-order valence-corrected chi connectivity index (χ0v) is 17.3. The monoisotopic (exact) mass is 415 g/mol. The molecule has 3 heterocycles. The number of carbonyl (C=O) groups is 4. The maximum Gasteiger partial charge on any atom is 0.325 e. The van der Waals surface area contributed by atoms with E-state index in [0.717, 1.165) is 19.4 Å². The lowest BCUT2D eigenvalue weighted by atomic mass is 10.0. The highest BCUT2D eigenvalue weighted by Crippen LogP contribution is 2.19. The Hall–Kier alpha value is -1.87. The highest BCUT2D eigenvalue weighted by molar-refractivity contribution is 6.06. The summed E-state index contributed by atoms with van der Waals surface area (Å²) in [6.07, 6.45) is 2.55. The Morgan fingerprint density at radius 2 is 1.96 bits per heavy atom. The number of nitrogens with one attached hydrogen (secondary N) is 2. The van der Waals surface area contributed by atoms with Crippen molar-refractivity contribution in [1.82, 2.24) is 25.3 Å². The van der Waals surface area contributed by atoms with Gasteiger partial charge in [-0.15, -0.1) is 12.4 Å². The second kappa shape index (κ2) is 9.09. The molecule has 9 nitrogen and oxygen atoms in total. The van der Waals surface area contributed by atoms with E-state index in [1.165, 1.54) is 4.90 Å². The van der Waals surface area contributed by atoms with Crippen LogP contribution in [-0.2, 0) is 14.4 Å². The molecule has 3 rings (SSSR count). The largest absolute Gasteiger partial charge is 0.341 e. The molecule has 0 aromatic carbocycles. The zero-order valence-electron chi connectivity index (χ0n) is 16.5. The molecule has 0 bridgehead atoms. The summed E-state index contributed by atoms with van der Waals surface area (Å²) < 4.78 is 0. The number of nitrogens with zero attached hydrogens (tertiary/aromatic N) is 3. The molecule has 10 heteroatoms. The van der Waals surface area contributed by atoms with E-state index >= 15 is 0 Å². The number of carbonyl (C=O) groups excluding carboxylic acids is 4. The number of hydrogen-bond acceptors (Lipinski definition) is 5. The van der Waals surface area contributed by atoms with Crippen molar-refractivity contribution in [2.75, 3.05) is 39.3 Å². The number of hydrogen-bond donors (Lipinski definition) is 2. The number of imide groups is 1. The van der Waals surface area contributed by atoms with Crippen LogP contribution < -0.4 is 10.6 Å². The minimum absolute atomic E-state index is 0. The van der Waals surface area contributed by atoms with Gasteiger partial charge < -0.3 is 20.4 Å². The first-order valence-electron chi connectivity index (χ1n) is 9.71. The van der Waals surface area contributed by atoms with E-state index < -0.39 is 11.6 Å². The second-order valence-electron chi connectivity index (χ2n) is 8.02. The average molecular weight is 416 g/mol. The summed E-state index contributed by atoms with van der Waals surface area (Å²) in [4.78, 5) is 53.6. The van der Waals surface area contributed by atoms with Crippen LogP contribution in [0.3, 0.4) is 0 Å². The number of piperazine rings is 1. The van der Waals surface area contributed by atoms with Crippen molar-refractivity contribution in [3.8, 4) is 0 Å². The third-order valence-electron chi connectivity index (χ3n) is 5.53. The molecule has 0 radical (unpaired) electrons. The lowest BCUT2D eigenvalue weighted by Gasteiger charge is -2.41. The summed E-state index contributed by atoms with van der Waals surface area (Å²) in [7, 11) is 0. The van der Waals surface area contributed by atoms with Crippen molar-refractivity contribution < 1.29 is 19.2 Å². The van der Waals surface area contributed by atoms with E-state index in [4.69, 9.17) is 0 Å². The van der Waals surface area contributed by atoms with Crippen LogP contribution in [0, 0.1) is 0 Å². The quantitative estimate of drug-likeness (QED) is 0.612. The fraction of sp³-hybridized carbons (Fsp3) is 0.778. The fourth-order valence-electron chi connectivity index (χ4n) is 4.01. The summed E-state index contributed by atoms with van der Waals surface area (Å²) >= 11 is 0. The van der Waals surface area contributed by atoms with Gasteiger partial charge in [-0.05, 0) is 33.1 Å². The molecule has 3 aliphatic heterocycles. The van der Waals surface area contributed by atoms with Crippen LogP contribution in [0.15, 0.2) is 0 Å². The first-order chi connectivity index (χ1) is 12.8. The highest BCUT2D eigenvalue weighted by Gasteiger charge is 2.43. The lowest BCUT2D eigenvalue weighted by molar-refractivity contribution is -0.140. The number of amides is 5. The number of urea groups is 1. The van der Waals surface area contributed by atoms with E-state index in [1.54, 1.807) is 13.8 Å². The Bertz CT molecular complexity index is 641. The van der Waals surface area contributed by atoms with Gasteiger partial charge in [-0.1, -0.05) is 0 Å². The van der Waals surface area contributed by atoms with Gasteiger partial charge in [-0.25, -0.2) is 4.79 Å². The Kier molecular flexibility index (Phi) is 7.28. The molecule has 158 valence electrons. The van der Waals surface area contributed by atoms with Gasteiger partial charge in [-0.3, -0.25) is 19.3 Å². The zero-order chi connectivity index (χ0) is 19.6. The van der Waals surface area contributed by atoms with Gasteiger partial charge in [0.1, 0.15) is 5.54 Å². The molecule has 0 saturated carbocycles. The minimum Gasteiger partial charge on any atom is -0.341 e. The molecule has 1 atom stereocenters. The fourth-order valence-corrected chi connectivity index (χ4v) is 4.01. The van der Waals surface area contributed by atoms with Crippen molar-refractivity contribution in [3.63, 3.8) is 0 Å². The number of piperidine rings is 1. The standard InChI is InChI=1S/C18H29N5O4.ClH/c1-18(2)16(26)23(17(27)20-18)9-4-6-14(24)21-8-3-5-13(12-21)22-10-7-19-11-15(22)25;/h13,19H,3-12H2,1-2H3,(H,20,27);1H. The summed E-state index contributed by atoms with van der Waals surface area (Å²) in [5.74, 6) is -0.134. The van der Waals surface area contributed by atoms with E-state index in [9.17, 15) is 19.2 Å². The Morgan fingerprint density at radius 1 is 1.21 bits per heavy atom. The van der Waals surface area contributed by atoms with E-state index in [2.05, 4.69) is 10.6 Å². The van der Waals surface area contributed by atoms with Crippen LogP contribution in [0.5, 0.6) is 0 Å².